The van der Waals surface area contributed by atoms with Crippen molar-refractivity contribution in [2.75, 3.05) is 35.7 Å². The van der Waals surface area contributed by atoms with Crippen molar-refractivity contribution in [2.24, 2.45) is 0 Å². The van der Waals surface area contributed by atoms with Gasteiger partial charge < -0.3 is 15.5 Å². The molecule has 7 nitrogen and oxygen atoms in total. The molecule has 2 aromatic rings. The first-order chi connectivity index (χ1) is 14.2. The molecule has 1 aliphatic rings. The number of para-hydroxylation sites is 2. The predicted molar refractivity (Wildman–Crippen MR) is 119 cm³/mol. The lowest BCUT2D eigenvalue weighted by atomic mass is 10.1. The van der Waals surface area contributed by atoms with Gasteiger partial charge in [-0.25, -0.2) is 0 Å². The highest BCUT2D eigenvalue weighted by atomic mass is 16.2. The molecule has 1 atom stereocenters. The van der Waals surface area contributed by atoms with Crippen molar-refractivity contribution in [3.8, 4) is 0 Å². The van der Waals surface area contributed by atoms with Crippen LogP contribution in [0, 0.1) is 13.8 Å². The molecule has 0 aromatic heterocycles. The molecule has 0 aliphatic carbocycles. The number of anilines is 3. The van der Waals surface area contributed by atoms with Gasteiger partial charge in [0.25, 0.3) is 0 Å². The van der Waals surface area contributed by atoms with Gasteiger partial charge in [0.15, 0.2) is 0 Å². The second kappa shape index (κ2) is 9.09. The normalized spacial score (nSPS) is 16.0. The molecule has 0 unspecified atom stereocenters. The van der Waals surface area contributed by atoms with E-state index in [0.29, 0.717) is 11.4 Å². The van der Waals surface area contributed by atoms with Crippen LogP contribution in [-0.2, 0) is 14.4 Å². The molecule has 3 amide bonds. The minimum absolute atomic E-state index is 0.0626. The van der Waals surface area contributed by atoms with Crippen LogP contribution in [0.25, 0.3) is 0 Å². The SMILES string of the molecule is Cc1ccc(C)c(NC(=O)CN(C)CC(=O)N2c3ccccc3NC(=O)C[C@H]2C)c1. The molecule has 30 heavy (non-hydrogen) atoms. The fourth-order valence-corrected chi connectivity index (χ4v) is 3.64. The third kappa shape index (κ3) is 5.04. The van der Waals surface area contributed by atoms with Crippen molar-refractivity contribution in [1.29, 1.82) is 0 Å². The summed E-state index contributed by atoms with van der Waals surface area (Å²) in [5, 5.41) is 5.76. The van der Waals surface area contributed by atoms with E-state index in [4.69, 9.17) is 0 Å². The van der Waals surface area contributed by atoms with Crippen LogP contribution in [0.3, 0.4) is 0 Å². The number of carbonyl (C=O) groups is 3. The zero-order chi connectivity index (χ0) is 21.8. The Labute approximate surface area is 177 Å². The molecule has 0 radical (unpaired) electrons. The monoisotopic (exact) mass is 408 g/mol. The van der Waals surface area contributed by atoms with Gasteiger partial charge in [-0.05, 0) is 57.1 Å². The van der Waals surface area contributed by atoms with Gasteiger partial charge in [0.1, 0.15) is 0 Å². The van der Waals surface area contributed by atoms with E-state index in [1.54, 1.807) is 22.9 Å². The number of hydrogen-bond acceptors (Lipinski definition) is 4. The number of fused-ring (bicyclic) bond motifs is 1. The van der Waals surface area contributed by atoms with Crippen LogP contribution < -0.4 is 15.5 Å². The molecular formula is C23H28N4O3. The van der Waals surface area contributed by atoms with Gasteiger partial charge >= 0.3 is 0 Å². The van der Waals surface area contributed by atoms with Gasteiger partial charge in [-0.15, -0.1) is 0 Å². The van der Waals surface area contributed by atoms with E-state index in [-0.39, 0.29) is 43.3 Å². The van der Waals surface area contributed by atoms with Crippen molar-refractivity contribution in [2.45, 2.75) is 33.2 Å². The summed E-state index contributed by atoms with van der Waals surface area (Å²) >= 11 is 0. The maximum Gasteiger partial charge on any atom is 0.241 e. The fraction of sp³-hybridized carbons (Fsp3) is 0.348. The summed E-state index contributed by atoms with van der Waals surface area (Å²) in [4.78, 5) is 41.0. The van der Waals surface area contributed by atoms with Crippen molar-refractivity contribution >= 4 is 34.8 Å². The predicted octanol–water partition coefficient (Wildman–Crippen LogP) is 2.94. The Kier molecular flexibility index (Phi) is 6.52. The molecule has 1 heterocycles. The van der Waals surface area contributed by atoms with Crippen LogP contribution >= 0.6 is 0 Å². The Hall–Kier alpha value is -3.19. The maximum absolute atomic E-state index is 13.1. The zero-order valence-electron chi connectivity index (χ0n) is 17.9. The first kappa shape index (κ1) is 21.5. The molecule has 158 valence electrons. The molecule has 1 aliphatic heterocycles. The van der Waals surface area contributed by atoms with E-state index in [0.717, 1.165) is 16.8 Å². The van der Waals surface area contributed by atoms with Crippen LogP contribution in [-0.4, -0.2) is 48.8 Å². The topological polar surface area (TPSA) is 81.8 Å². The van der Waals surface area contributed by atoms with Crippen LogP contribution in [0.4, 0.5) is 17.1 Å². The first-order valence-electron chi connectivity index (χ1n) is 10.0. The number of nitrogens with one attached hydrogen (secondary N) is 2. The summed E-state index contributed by atoms with van der Waals surface area (Å²) in [6.45, 7) is 5.91. The van der Waals surface area contributed by atoms with E-state index in [9.17, 15) is 14.4 Å². The van der Waals surface area contributed by atoms with Crippen molar-refractivity contribution in [3.63, 3.8) is 0 Å². The lowest BCUT2D eigenvalue weighted by Crippen LogP contribution is -2.45. The number of amides is 3. The van der Waals surface area contributed by atoms with Gasteiger partial charge in [-0.1, -0.05) is 24.3 Å². The number of carbonyl (C=O) groups excluding carboxylic acids is 3. The fourth-order valence-electron chi connectivity index (χ4n) is 3.64. The summed E-state index contributed by atoms with van der Waals surface area (Å²) in [5.74, 6) is -0.458. The number of nitrogens with zero attached hydrogens (tertiary/aromatic N) is 2. The highest BCUT2D eigenvalue weighted by Crippen LogP contribution is 2.31. The smallest absolute Gasteiger partial charge is 0.241 e. The van der Waals surface area contributed by atoms with Gasteiger partial charge in [-0.2, -0.15) is 0 Å². The molecule has 2 aromatic carbocycles. The number of hydrogen-bond donors (Lipinski definition) is 2. The average molecular weight is 409 g/mol. The number of benzene rings is 2. The first-order valence-corrected chi connectivity index (χ1v) is 10.0. The number of rotatable bonds is 5. The van der Waals surface area contributed by atoms with Crippen molar-refractivity contribution in [3.05, 3.63) is 53.6 Å². The number of aryl methyl sites for hydroxylation is 2. The molecular weight excluding hydrogens is 380 g/mol. The molecule has 3 rings (SSSR count). The second-order valence-electron chi connectivity index (χ2n) is 7.92. The third-order valence-electron chi connectivity index (χ3n) is 5.11. The van der Waals surface area contributed by atoms with Crippen LogP contribution in [0.1, 0.15) is 24.5 Å². The Bertz CT molecular complexity index is 973. The average Bonchev–Trinajstić information content (AvgIpc) is 2.78. The Balaban J connectivity index is 1.67. The summed E-state index contributed by atoms with van der Waals surface area (Å²) in [5.41, 5.74) is 4.13. The standard InChI is InChI=1S/C23H28N4O3/c1-15-9-10-16(2)19(11-15)25-22(29)13-26(4)14-23(30)27-17(3)12-21(28)24-18-7-5-6-8-20(18)27/h5-11,17H,12-14H2,1-4H3,(H,24,28)(H,25,29)/t17-/m1/s1. The Morgan fingerprint density at radius 1 is 1.17 bits per heavy atom. The van der Waals surface area contributed by atoms with Gasteiger partial charge in [0.05, 0.1) is 24.5 Å². The van der Waals surface area contributed by atoms with E-state index in [1.165, 1.54) is 0 Å². The van der Waals surface area contributed by atoms with Crippen LogP contribution in [0.15, 0.2) is 42.5 Å². The minimum Gasteiger partial charge on any atom is -0.325 e. The molecule has 0 spiro atoms. The molecule has 0 fully saturated rings. The van der Waals surface area contributed by atoms with Gasteiger partial charge in [-0.3, -0.25) is 19.3 Å². The molecule has 0 saturated carbocycles. The summed E-state index contributed by atoms with van der Waals surface area (Å²) in [6, 6.07) is 12.9. The summed E-state index contributed by atoms with van der Waals surface area (Å²) < 4.78 is 0. The van der Waals surface area contributed by atoms with Crippen molar-refractivity contribution < 1.29 is 14.4 Å². The third-order valence-corrected chi connectivity index (χ3v) is 5.11. The lowest BCUT2D eigenvalue weighted by Gasteiger charge is -2.29. The van der Waals surface area contributed by atoms with E-state index in [2.05, 4.69) is 10.6 Å². The summed E-state index contributed by atoms with van der Waals surface area (Å²) in [6.07, 6.45) is 0.219. The van der Waals surface area contributed by atoms with Crippen LogP contribution in [0.2, 0.25) is 0 Å². The largest absolute Gasteiger partial charge is 0.325 e. The molecule has 0 bridgehead atoms. The summed E-state index contributed by atoms with van der Waals surface area (Å²) in [7, 11) is 1.73. The van der Waals surface area contributed by atoms with Crippen LogP contribution in [0.5, 0.6) is 0 Å². The van der Waals surface area contributed by atoms with Crippen molar-refractivity contribution in [1.82, 2.24) is 4.90 Å². The highest BCUT2D eigenvalue weighted by molar-refractivity contribution is 6.05. The van der Waals surface area contributed by atoms with E-state index >= 15 is 0 Å². The quantitative estimate of drug-likeness (QED) is 0.797. The van der Waals surface area contributed by atoms with Gasteiger partial charge in [0.2, 0.25) is 17.7 Å². The second-order valence-corrected chi connectivity index (χ2v) is 7.92. The van der Waals surface area contributed by atoms with Gasteiger partial charge in [0, 0.05) is 18.2 Å². The Morgan fingerprint density at radius 2 is 1.90 bits per heavy atom. The van der Waals surface area contributed by atoms with E-state index in [1.807, 2.05) is 57.2 Å². The lowest BCUT2D eigenvalue weighted by molar-refractivity contribution is -0.121. The maximum atomic E-state index is 13.1. The molecule has 2 N–H and O–H groups in total. The van der Waals surface area contributed by atoms with E-state index < -0.39 is 0 Å². The molecule has 7 heteroatoms. The minimum atomic E-state index is -0.279. The highest BCUT2D eigenvalue weighted by Gasteiger charge is 2.30. The zero-order valence-corrected chi connectivity index (χ0v) is 17.9. The Morgan fingerprint density at radius 3 is 2.67 bits per heavy atom. The number of likely N-dealkylation sites (N-methyl/N-ethyl adjacent to an activating group) is 1. The molecule has 0 saturated heterocycles.